The summed E-state index contributed by atoms with van der Waals surface area (Å²) in [6.45, 7) is 0. The molecular weight excluding hydrogens is 442 g/mol. The quantitative estimate of drug-likeness (QED) is 0.488. The maximum absolute atomic E-state index is 12.6. The number of carbonyl (C=O) groups excluding carboxylic acids is 1. The molecule has 2 aromatic rings. The van der Waals surface area contributed by atoms with Crippen molar-refractivity contribution in [1.29, 1.82) is 0 Å². The van der Waals surface area contributed by atoms with E-state index in [9.17, 15) is 4.79 Å². The highest BCUT2D eigenvalue weighted by Crippen LogP contribution is 2.28. The minimum absolute atomic E-state index is 0.0982. The van der Waals surface area contributed by atoms with Gasteiger partial charge in [-0.25, -0.2) is 0 Å². The normalized spacial score (nSPS) is 10.3. The van der Waals surface area contributed by atoms with Crippen LogP contribution in [0.2, 0.25) is 5.02 Å². The molecule has 0 unspecified atom stereocenters. The number of benzene rings is 2. The molecule has 0 atom stereocenters. The molecule has 0 spiro atoms. The van der Waals surface area contributed by atoms with E-state index in [-0.39, 0.29) is 5.78 Å². The van der Waals surface area contributed by atoms with Crippen molar-refractivity contribution in [3.63, 3.8) is 0 Å². The molecule has 0 aliphatic carbocycles. The molecule has 0 saturated carbocycles. The number of methoxy groups -OCH3 is 1. The van der Waals surface area contributed by atoms with Crippen molar-refractivity contribution in [2.45, 2.75) is 0 Å². The van der Waals surface area contributed by atoms with Crippen LogP contribution in [0.25, 0.3) is 0 Å². The first-order valence-corrected chi connectivity index (χ1v) is 7.61. The summed E-state index contributed by atoms with van der Waals surface area (Å²) < 4.78 is 6.89. The lowest BCUT2D eigenvalue weighted by atomic mass is 10.0. The van der Waals surface area contributed by atoms with Crippen molar-refractivity contribution in [3.8, 4) is 5.75 Å². The average Bonchev–Trinajstić information content (AvgIpc) is 2.38. The second kappa shape index (κ2) is 6.24. The van der Waals surface area contributed by atoms with Crippen LogP contribution < -0.4 is 4.74 Å². The average molecular weight is 451 g/mol. The zero-order valence-corrected chi connectivity index (χ0v) is 14.4. The Labute approximate surface area is 138 Å². The van der Waals surface area contributed by atoms with E-state index in [1.165, 1.54) is 0 Å². The molecule has 5 heteroatoms. The summed E-state index contributed by atoms with van der Waals surface area (Å²) in [4.78, 5) is 12.6. The summed E-state index contributed by atoms with van der Waals surface area (Å²) in [7, 11) is 1.55. The number of ketones is 1. The molecule has 0 aliphatic rings. The van der Waals surface area contributed by atoms with Gasteiger partial charge in [-0.1, -0.05) is 11.6 Å². The molecule has 0 amide bonds. The van der Waals surface area contributed by atoms with E-state index < -0.39 is 0 Å². The second-order valence-electron chi connectivity index (χ2n) is 3.80. The summed E-state index contributed by atoms with van der Waals surface area (Å²) in [5.74, 6) is 0.464. The number of halogens is 3. The van der Waals surface area contributed by atoms with Gasteiger partial charge in [0.1, 0.15) is 5.75 Å². The maximum atomic E-state index is 12.6. The van der Waals surface area contributed by atoms with Gasteiger partial charge in [-0.3, -0.25) is 4.79 Å². The lowest BCUT2D eigenvalue weighted by Gasteiger charge is -2.09. The van der Waals surface area contributed by atoms with Crippen LogP contribution in [0.1, 0.15) is 15.9 Å². The Hall–Kier alpha value is -0.590. The first kappa shape index (κ1) is 14.8. The van der Waals surface area contributed by atoms with Crippen molar-refractivity contribution in [1.82, 2.24) is 0 Å². The molecule has 0 N–H and O–H groups in total. The van der Waals surface area contributed by atoms with Crippen LogP contribution in [0.4, 0.5) is 0 Å². The fourth-order valence-corrected chi connectivity index (χ4v) is 3.03. The highest BCUT2D eigenvalue weighted by molar-refractivity contribution is 14.1. The molecule has 0 radical (unpaired) electrons. The molecule has 0 aliphatic heterocycles. The lowest BCUT2D eigenvalue weighted by molar-refractivity contribution is 0.103. The fraction of sp³-hybridized carbons (Fsp3) is 0.0714. The van der Waals surface area contributed by atoms with Crippen molar-refractivity contribution in [2.75, 3.05) is 7.11 Å². The van der Waals surface area contributed by atoms with Gasteiger partial charge in [-0.2, -0.15) is 0 Å². The largest absolute Gasteiger partial charge is 0.496 e. The molecule has 2 aromatic carbocycles. The number of hydrogen-bond donors (Lipinski definition) is 0. The molecule has 0 aromatic heterocycles. The third-order valence-electron chi connectivity index (χ3n) is 2.58. The Balaban J connectivity index is 2.52. The number of ether oxygens (including phenoxy) is 1. The molecular formula is C14H9BrClIO2. The standard InChI is InChI=1S/C14H9BrClIO2/c1-19-13-5-3-9(17)7-11(13)14(18)10-4-2-8(16)6-12(10)15/h2-7H,1H3. The summed E-state index contributed by atoms with van der Waals surface area (Å²) >= 11 is 11.4. The van der Waals surface area contributed by atoms with Crippen LogP contribution in [-0.4, -0.2) is 12.9 Å². The maximum Gasteiger partial charge on any atom is 0.197 e. The summed E-state index contributed by atoms with van der Waals surface area (Å²) in [6, 6.07) is 10.6. The number of carbonyl (C=O) groups is 1. The van der Waals surface area contributed by atoms with E-state index >= 15 is 0 Å². The van der Waals surface area contributed by atoms with Gasteiger partial charge < -0.3 is 4.74 Å². The summed E-state index contributed by atoms with van der Waals surface area (Å²) in [5.41, 5.74) is 1.10. The van der Waals surface area contributed by atoms with E-state index in [1.807, 2.05) is 12.1 Å². The van der Waals surface area contributed by atoms with Crippen LogP contribution in [0.15, 0.2) is 40.9 Å². The van der Waals surface area contributed by atoms with Crippen LogP contribution in [0, 0.1) is 3.57 Å². The van der Waals surface area contributed by atoms with Crippen LogP contribution in [-0.2, 0) is 0 Å². The Morgan fingerprint density at radius 1 is 1.21 bits per heavy atom. The van der Waals surface area contributed by atoms with Crippen molar-refractivity contribution >= 4 is 55.9 Å². The molecule has 2 nitrogen and oxygen atoms in total. The van der Waals surface area contributed by atoms with E-state index in [2.05, 4.69) is 38.5 Å². The molecule has 98 valence electrons. The molecule has 19 heavy (non-hydrogen) atoms. The molecule has 0 fully saturated rings. The van der Waals surface area contributed by atoms with E-state index in [0.717, 1.165) is 3.57 Å². The predicted molar refractivity (Wildman–Crippen MR) is 88.3 cm³/mol. The van der Waals surface area contributed by atoms with Gasteiger partial charge in [0, 0.05) is 18.6 Å². The monoisotopic (exact) mass is 450 g/mol. The smallest absolute Gasteiger partial charge is 0.197 e. The van der Waals surface area contributed by atoms with Crippen molar-refractivity contribution in [2.24, 2.45) is 0 Å². The third kappa shape index (κ3) is 3.30. The Bertz CT molecular complexity index is 643. The van der Waals surface area contributed by atoms with Crippen LogP contribution in [0.5, 0.6) is 5.75 Å². The van der Waals surface area contributed by atoms with Gasteiger partial charge in [-0.15, -0.1) is 0 Å². The Morgan fingerprint density at radius 3 is 2.58 bits per heavy atom. The molecule has 0 saturated heterocycles. The van der Waals surface area contributed by atoms with Gasteiger partial charge >= 0.3 is 0 Å². The second-order valence-corrected chi connectivity index (χ2v) is 6.33. The molecule has 0 heterocycles. The van der Waals surface area contributed by atoms with E-state index in [1.54, 1.807) is 31.4 Å². The van der Waals surface area contributed by atoms with Crippen LogP contribution in [0.3, 0.4) is 0 Å². The Morgan fingerprint density at radius 2 is 1.95 bits per heavy atom. The highest BCUT2D eigenvalue weighted by Gasteiger charge is 2.17. The minimum Gasteiger partial charge on any atom is -0.496 e. The van der Waals surface area contributed by atoms with Crippen molar-refractivity contribution < 1.29 is 9.53 Å². The van der Waals surface area contributed by atoms with E-state index in [4.69, 9.17) is 16.3 Å². The predicted octanol–water partition coefficient (Wildman–Crippen LogP) is 4.95. The van der Waals surface area contributed by atoms with E-state index in [0.29, 0.717) is 26.4 Å². The van der Waals surface area contributed by atoms with Gasteiger partial charge in [0.15, 0.2) is 5.78 Å². The van der Waals surface area contributed by atoms with Gasteiger partial charge in [0.2, 0.25) is 0 Å². The first-order valence-electron chi connectivity index (χ1n) is 5.36. The number of hydrogen-bond acceptors (Lipinski definition) is 2. The zero-order valence-electron chi connectivity index (χ0n) is 9.91. The first-order chi connectivity index (χ1) is 9.02. The summed E-state index contributed by atoms with van der Waals surface area (Å²) in [5, 5.41) is 0.582. The fourth-order valence-electron chi connectivity index (χ4n) is 1.68. The summed E-state index contributed by atoms with van der Waals surface area (Å²) in [6.07, 6.45) is 0. The van der Waals surface area contributed by atoms with Crippen LogP contribution >= 0.6 is 50.1 Å². The zero-order chi connectivity index (χ0) is 14.0. The Kier molecular flexibility index (Phi) is 4.86. The highest BCUT2D eigenvalue weighted by atomic mass is 127. The number of rotatable bonds is 3. The minimum atomic E-state index is -0.0982. The SMILES string of the molecule is COc1ccc(I)cc1C(=O)c1ccc(Cl)cc1Br. The lowest BCUT2D eigenvalue weighted by Crippen LogP contribution is -2.05. The van der Waals surface area contributed by atoms with Gasteiger partial charge in [-0.05, 0) is 74.9 Å². The molecule has 0 bridgehead atoms. The van der Waals surface area contributed by atoms with Crippen molar-refractivity contribution in [3.05, 3.63) is 60.6 Å². The third-order valence-corrected chi connectivity index (χ3v) is 4.14. The molecule has 2 rings (SSSR count). The topological polar surface area (TPSA) is 26.3 Å². The van der Waals surface area contributed by atoms with Gasteiger partial charge in [0.05, 0.1) is 12.7 Å². The van der Waals surface area contributed by atoms with Gasteiger partial charge in [0.25, 0.3) is 0 Å².